The van der Waals surface area contributed by atoms with Gasteiger partial charge in [0.05, 0.1) is 0 Å². The van der Waals surface area contributed by atoms with Crippen molar-refractivity contribution >= 4 is 18.9 Å². The van der Waals surface area contributed by atoms with Crippen molar-refractivity contribution in [2.45, 2.75) is 25.7 Å². The van der Waals surface area contributed by atoms with Gasteiger partial charge in [0.1, 0.15) is 0 Å². The third-order valence-electron chi connectivity index (χ3n) is 1.16. The van der Waals surface area contributed by atoms with Gasteiger partial charge < -0.3 is 0 Å². The molecule has 36 valence electrons. The van der Waals surface area contributed by atoms with E-state index in [4.69, 9.17) is 0 Å². The van der Waals surface area contributed by atoms with E-state index in [2.05, 4.69) is 12.2 Å². The van der Waals surface area contributed by atoms with Gasteiger partial charge in [0.25, 0.3) is 0 Å². The van der Waals surface area contributed by atoms with E-state index in [-0.39, 0.29) is 18.9 Å². The van der Waals surface area contributed by atoms with Gasteiger partial charge in [0.15, 0.2) is 0 Å². The van der Waals surface area contributed by atoms with Gasteiger partial charge in [-0.2, -0.15) is 0 Å². The molecular formula is C6H11Li. The molecule has 1 aliphatic rings. The summed E-state index contributed by atoms with van der Waals surface area (Å²) in [5.74, 6) is 0. The van der Waals surface area contributed by atoms with Crippen LogP contribution in [0.15, 0.2) is 12.2 Å². The van der Waals surface area contributed by atoms with Crippen LogP contribution < -0.4 is 0 Å². The molecule has 0 unspecified atom stereocenters. The van der Waals surface area contributed by atoms with Crippen LogP contribution in [-0.4, -0.2) is 18.9 Å². The van der Waals surface area contributed by atoms with Crippen molar-refractivity contribution in [1.29, 1.82) is 0 Å². The van der Waals surface area contributed by atoms with E-state index in [9.17, 15) is 0 Å². The summed E-state index contributed by atoms with van der Waals surface area (Å²) < 4.78 is 0. The summed E-state index contributed by atoms with van der Waals surface area (Å²) in [4.78, 5) is 0. The first-order chi connectivity index (χ1) is 3.00. The van der Waals surface area contributed by atoms with Gasteiger partial charge in [-0.3, -0.25) is 0 Å². The van der Waals surface area contributed by atoms with Gasteiger partial charge in [-0.15, -0.1) is 0 Å². The fourth-order valence-corrected chi connectivity index (χ4v) is 0.760. The van der Waals surface area contributed by atoms with E-state index >= 15 is 0 Å². The molecule has 0 bridgehead atoms. The Bertz CT molecular complexity index is 49.2. The number of allylic oxidation sites excluding steroid dienone is 2. The van der Waals surface area contributed by atoms with Crippen LogP contribution in [0.25, 0.3) is 0 Å². The monoisotopic (exact) mass is 90.1 g/mol. The zero-order valence-electron chi connectivity index (χ0n) is 3.98. The van der Waals surface area contributed by atoms with Crippen LogP contribution in [0.5, 0.6) is 0 Å². The zero-order valence-corrected chi connectivity index (χ0v) is 3.98. The van der Waals surface area contributed by atoms with Crippen LogP contribution >= 0.6 is 0 Å². The Balaban J connectivity index is 0.000000360. The summed E-state index contributed by atoms with van der Waals surface area (Å²) in [5.41, 5.74) is 0. The van der Waals surface area contributed by atoms with Gasteiger partial charge in [-0.05, 0) is 25.7 Å². The van der Waals surface area contributed by atoms with Crippen molar-refractivity contribution in [3.63, 3.8) is 0 Å². The van der Waals surface area contributed by atoms with E-state index in [1.165, 1.54) is 25.7 Å². The molecule has 0 nitrogen and oxygen atoms in total. The molecule has 0 N–H and O–H groups in total. The van der Waals surface area contributed by atoms with Crippen molar-refractivity contribution in [1.82, 2.24) is 0 Å². The summed E-state index contributed by atoms with van der Waals surface area (Å²) in [6.07, 6.45) is 10.0. The Kier molecular flexibility index (Phi) is 4.71. The van der Waals surface area contributed by atoms with Gasteiger partial charge in [-0.25, -0.2) is 0 Å². The van der Waals surface area contributed by atoms with Crippen LogP contribution in [0.2, 0.25) is 0 Å². The molecule has 0 radical (unpaired) electrons. The molecule has 0 atom stereocenters. The van der Waals surface area contributed by atoms with Crippen LogP contribution in [-0.2, 0) is 0 Å². The quantitative estimate of drug-likeness (QED) is 0.312. The maximum absolute atomic E-state index is 2.27. The molecule has 0 saturated carbocycles. The molecule has 1 heteroatoms. The Morgan fingerprint density at radius 2 is 1.29 bits per heavy atom. The molecule has 7 heavy (non-hydrogen) atoms. The Morgan fingerprint density at radius 1 is 0.857 bits per heavy atom. The Morgan fingerprint density at radius 3 is 1.43 bits per heavy atom. The molecule has 0 aromatic heterocycles. The second-order valence-corrected chi connectivity index (χ2v) is 1.76. The molecule has 0 spiro atoms. The Labute approximate surface area is 57.2 Å². The zero-order chi connectivity index (χ0) is 4.24. The standard InChI is InChI=1S/C6H10.Li.H/c1-2-4-6-5-3-1;;/h1-2H,3-6H2;;. The van der Waals surface area contributed by atoms with Gasteiger partial charge in [0.2, 0.25) is 0 Å². The Hall–Kier alpha value is 0.337. The first-order valence-electron chi connectivity index (χ1n) is 2.65. The van der Waals surface area contributed by atoms with Crippen molar-refractivity contribution in [3.05, 3.63) is 12.2 Å². The van der Waals surface area contributed by atoms with Crippen molar-refractivity contribution in [3.8, 4) is 0 Å². The molecule has 1 aliphatic carbocycles. The SMILES string of the molecule is C1=CCCCC1.[LiH]. The molecule has 0 saturated heterocycles. The summed E-state index contributed by atoms with van der Waals surface area (Å²) in [6.45, 7) is 0. The molecular weight excluding hydrogens is 79.0 g/mol. The van der Waals surface area contributed by atoms with Gasteiger partial charge in [-0.1, -0.05) is 12.2 Å². The average Bonchev–Trinajstić information content (AvgIpc) is 1.72. The van der Waals surface area contributed by atoms with Crippen molar-refractivity contribution < 1.29 is 0 Å². The fourth-order valence-electron chi connectivity index (χ4n) is 0.760. The second-order valence-electron chi connectivity index (χ2n) is 1.76. The fraction of sp³-hybridized carbons (Fsp3) is 0.667. The minimum absolute atomic E-state index is 0. The predicted molar refractivity (Wildman–Crippen MR) is 34.8 cm³/mol. The molecule has 0 heterocycles. The molecule has 0 aromatic rings. The molecule has 1 rings (SSSR count). The van der Waals surface area contributed by atoms with Crippen molar-refractivity contribution in [2.75, 3.05) is 0 Å². The topological polar surface area (TPSA) is 0 Å². The molecule has 0 fully saturated rings. The van der Waals surface area contributed by atoms with E-state index in [0.717, 1.165) is 0 Å². The molecule has 0 aliphatic heterocycles. The van der Waals surface area contributed by atoms with Crippen LogP contribution in [0.1, 0.15) is 25.7 Å². The number of hydrogen-bond donors (Lipinski definition) is 0. The van der Waals surface area contributed by atoms with E-state index < -0.39 is 0 Å². The summed E-state index contributed by atoms with van der Waals surface area (Å²) in [7, 11) is 0. The van der Waals surface area contributed by atoms with E-state index in [0.29, 0.717) is 0 Å². The molecule has 0 amide bonds. The van der Waals surface area contributed by atoms with Gasteiger partial charge >= 0.3 is 18.9 Å². The van der Waals surface area contributed by atoms with Crippen LogP contribution in [0.3, 0.4) is 0 Å². The average molecular weight is 90.1 g/mol. The third kappa shape index (κ3) is 2.97. The number of rotatable bonds is 0. The normalized spacial score (nSPS) is 18.3. The van der Waals surface area contributed by atoms with E-state index in [1.807, 2.05) is 0 Å². The first-order valence-corrected chi connectivity index (χ1v) is 2.65. The third-order valence-corrected chi connectivity index (χ3v) is 1.16. The maximum atomic E-state index is 2.27. The van der Waals surface area contributed by atoms with E-state index in [1.54, 1.807) is 0 Å². The summed E-state index contributed by atoms with van der Waals surface area (Å²) >= 11 is 0. The first kappa shape index (κ1) is 7.34. The summed E-state index contributed by atoms with van der Waals surface area (Å²) in [6, 6.07) is 0. The predicted octanol–water partition coefficient (Wildman–Crippen LogP) is 1.47. The van der Waals surface area contributed by atoms with Crippen LogP contribution in [0.4, 0.5) is 0 Å². The second kappa shape index (κ2) is 4.50. The molecule has 0 aromatic carbocycles. The van der Waals surface area contributed by atoms with Crippen molar-refractivity contribution in [2.24, 2.45) is 0 Å². The van der Waals surface area contributed by atoms with Gasteiger partial charge in [0, 0.05) is 0 Å². The minimum atomic E-state index is 0. The number of hydrogen-bond acceptors (Lipinski definition) is 0. The summed E-state index contributed by atoms with van der Waals surface area (Å²) in [5, 5.41) is 0. The van der Waals surface area contributed by atoms with Crippen LogP contribution in [0, 0.1) is 0 Å².